The Morgan fingerprint density at radius 3 is 2.75 bits per heavy atom. The fraction of sp³-hybridized carbons (Fsp3) is 0.214. The van der Waals surface area contributed by atoms with Crippen LogP contribution >= 0.6 is 0 Å². The molecule has 0 saturated carbocycles. The minimum Gasteiger partial charge on any atom is -0.496 e. The van der Waals surface area contributed by atoms with Gasteiger partial charge in [-0.1, -0.05) is 18.2 Å². The van der Waals surface area contributed by atoms with Crippen molar-refractivity contribution in [2.24, 2.45) is 0 Å². The molecule has 0 bridgehead atoms. The van der Waals surface area contributed by atoms with Gasteiger partial charge < -0.3 is 10.1 Å². The highest BCUT2D eigenvalue weighted by Gasteiger charge is 2.18. The van der Waals surface area contributed by atoms with E-state index < -0.39 is 4.92 Å². The van der Waals surface area contributed by atoms with E-state index >= 15 is 0 Å². The van der Waals surface area contributed by atoms with Crippen LogP contribution in [0.15, 0.2) is 42.6 Å². The number of pyridine rings is 1. The third-order valence-corrected chi connectivity index (χ3v) is 2.94. The summed E-state index contributed by atoms with van der Waals surface area (Å²) in [5.41, 5.74) is 0.865. The molecule has 0 aliphatic carbocycles. The van der Waals surface area contributed by atoms with Crippen LogP contribution in [0.2, 0.25) is 0 Å². The maximum Gasteiger partial charge on any atom is 0.311 e. The molecule has 0 radical (unpaired) electrons. The number of para-hydroxylation sites is 1. The number of anilines is 1. The minimum absolute atomic E-state index is 0.0470. The molecule has 2 aromatic rings. The molecule has 2 rings (SSSR count). The Kier molecular flexibility index (Phi) is 4.14. The van der Waals surface area contributed by atoms with Crippen molar-refractivity contribution in [2.75, 3.05) is 12.4 Å². The van der Waals surface area contributed by atoms with Gasteiger partial charge in [0, 0.05) is 17.8 Å². The second kappa shape index (κ2) is 6.01. The van der Waals surface area contributed by atoms with Gasteiger partial charge in [-0.25, -0.2) is 4.98 Å². The molecule has 1 heterocycles. The summed E-state index contributed by atoms with van der Waals surface area (Å²) in [5.74, 6) is 0.974. The third kappa shape index (κ3) is 2.85. The van der Waals surface area contributed by atoms with E-state index in [1.165, 1.54) is 18.3 Å². The van der Waals surface area contributed by atoms with Crippen LogP contribution in [0.4, 0.5) is 11.5 Å². The quantitative estimate of drug-likeness (QED) is 0.668. The van der Waals surface area contributed by atoms with Gasteiger partial charge in [0.1, 0.15) is 5.75 Å². The van der Waals surface area contributed by atoms with E-state index in [-0.39, 0.29) is 17.5 Å². The molecule has 1 aromatic carbocycles. The van der Waals surface area contributed by atoms with Gasteiger partial charge in [-0.05, 0) is 19.1 Å². The summed E-state index contributed by atoms with van der Waals surface area (Å²) in [6.07, 6.45) is 1.52. The molecule has 1 atom stereocenters. The average molecular weight is 273 g/mol. The number of hydrogen-bond donors (Lipinski definition) is 1. The van der Waals surface area contributed by atoms with Crippen LogP contribution in [-0.4, -0.2) is 17.0 Å². The lowest BCUT2D eigenvalue weighted by Gasteiger charge is -2.17. The molecule has 20 heavy (non-hydrogen) atoms. The van der Waals surface area contributed by atoms with Crippen molar-refractivity contribution in [1.29, 1.82) is 0 Å². The zero-order chi connectivity index (χ0) is 14.5. The summed E-state index contributed by atoms with van der Waals surface area (Å²) < 4.78 is 5.29. The fourth-order valence-electron chi connectivity index (χ4n) is 1.96. The molecule has 6 nitrogen and oxygen atoms in total. The number of methoxy groups -OCH3 is 1. The Bertz CT molecular complexity index is 616. The number of benzene rings is 1. The van der Waals surface area contributed by atoms with Gasteiger partial charge in [-0.3, -0.25) is 10.1 Å². The Morgan fingerprint density at radius 1 is 1.30 bits per heavy atom. The summed E-state index contributed by atoms with van der Waals surface area (Å²) in [6, 6.07) is 10.3. The second-order valence-corrected chi connectivity index (χ2v) is 4.24. The van der Waals surface area contributed by atoms with Gasteiger partial charge in [0.15, 0.2) is 0 Å². The van der Waals surface area contributed by atoms with E-state index in [4.69, 9.17) is 4.74 Å². The minimum atomic E-state index is -0.454. The zero-order valence-corrected chi connectivity index (χ0v) is 11.2. The largest absolute Gasteiger partial charge is 0.496 e. The highest BCUT2D eigenvalue weighted by atomic mass is 16.6. The molecule has 0 aliphatic heterocycles. The van der Waals surface area contributed by atoms with Crippen LogP contribution in [0, 0.1) is 10.1 Å². The van der Waals surface area contributed by atoms with Crippen molar-refractivity contribution in [3.8, 4) is 5.75 Å². The number of aromatic nitrogens is 1. The predicted molar refractivity (Wildman–Crippen MR) is 75.9 cm³/mol. The lowest BCUT2D eigenvalue weighted by molar-refractivity contribution is -0.384. The second-order valence-electron chi connectivity index (χ2n) is 4.24. The molecule has 0 aliphatic rings. The maximum atomic E-state index is 11.0. The van der Waals surface area contributed by atoms with Crippen LogP contribution in [0.5, 0.6) is 5.75 Å². The Hall–Kier alpha value is -2.63. The highest BCUT2D eigenvalue weighted by Crippen LogP contribution is 2.29. The number of hydrogen-bond acceptors (Lipinski definition) is 5. The molecule has 0 saturated heterocycles. The van der Waals surface area contributed by atoms with Crippen molar-refractivity contribution < 1.29 is 9.66 Å². The van der Waals surface area contributed by atoms with Crippen LogP contribution < -0.4 is 10.1 Å². The fourth-order valence-corrected chi connectivity index (χ4v) is 1.96. The zero-order valence-electron chi connectivity index (χ0n) is 11.2. The average Bonchev–Trinajstić information content (AvgIpc) is 2.47. The summed E-state index contributed by atoms with van der Waals surface area (Å²) >= 11 is 0. The standard InChI is InChI=1S/C14H15N3O3/c1-10(11-6-3-4-8-13(11)20-2)16-14-12(17(18)19)7-5-9-15-14/h3-10H,1-2H3,(H,15,16)/t10-/m0/s1. The lowest BCUT2D eigenvalue weighted by Crippen LogP contribution is -2.10. The summed E-state index contributed by atoms with van der Waals surface area (Å²) in [6.45, 7) is 1.90. The summed E-state index contributed by atoms with van der Waals surface area (Å²) in [4.78, 5) is 14.5. The number of nitrogens with zero attached hydrogens (tertiary/aromatic N) is 2. The van der Waals surface area contributed by atoms with Crippen molar-refractivity contribution >= 4 is 11.5 Å². The van der Waals surface area contributed by atoms with Crippen LogP contribution in [-0.2, 0) is 0 Å². The number of ether oxygens (including phenoxy) is 1. The molecule has 0 unspecified atom stereocenters. The van der Waals surface area contributed by atoms with Crippen molar-refractivity contribution in [3.63, 3.8) is 0 Å². The normalized spacial score (nSPS) is 11.7. The molecule has 0 fully saturated rings. The third-order valence-electron chi connectivity index (χ3n) is 2.94. The van der Waals surface area contributed by atoms with E-state index in [1.54, 1.807) is 7.11 Å². The van der Waals surface area contributed by atoms with Crippen LogP contribution in [0.3, 0.4) is 0 Å². The molecule has 1 aromatic heterocycles. The van der Waals surface area contributed by atoms with E-state index in [0.717, 1.165) is 11.3 Å². The molecule has 1 N–H and O–H groups in total. The van der Waals surface area contributed by atoms with Crippen LogP contribution in [0.25, 0.3) is 0 Å². The van der Waals surface area contributed by atoms with Gasteiger partial charge in [-0.15, -0.1) is 0 Å². The van der Waals surface area contributed by atoms with Gasteiger partial charge in [0.25, 0.3) is 0 Å². The molecular formula is C14H15N3O3. The SMILES string of the molecule is COc1ccccc1[C@H](C)Nc1ncccc1[N+](=O)[O-]. The first-order chi connectivity index (χ1) is 9.63. The molecule has 6 heteroatoms. The maximum absolute atomic E-state index is 11.0. The number of nitro groups is 1. The van der Waals surface area contributed by atoms with Crippen LogP contribution in [0.1, 0.15) is 18.5 Å². The summed E-state index contributed by atoms with van der Waals surface area (Å²) in [7, 11) is 1.59. The van der Waals surface area contributed by atoms with E-state index in [9.17, 15) is 10.1 Å². The van der Waals surface area contributed by atoms with Gasteiger partial charge in [0.2, 0.25) is 5.82 Å². The van der Waals surface area contributed by atoms with E-state index in [2.05, 4.69) is 10.3 Å². The Balaban J connectivity index is 2.28. The first-order valence-electron chi connectivity index (χ1n) is 6.12. The molecular weight excluding hydrogens is 258 g/mol. The van der Waals surface area contributed by atoms with Gasteiger partial charge in [0.05, 0.1) is 18.1 Å². The number of nitrogens with one attached hydrogen (secondary N) is 1. The Labute approximate surface area is 116 Å². The van der Waals surface area contributed by atoms with Crippen molar-refractivity contribution in [2.45, 2.75) is 13.0 Å². The molecule has 0 amide bonds. The van der Waals surface area contributed by atoms with Gasteiger partial charge in [-0.2, -0.15) is 0 Å². The number of rotatable bonds is 5. The predicted octanol–water partition coefficient (Wildman–Crippen LogP) is 3.17. The van der Waals surface area contributed by atoms with E-state index in [0.29, 0.717) is 0 Å². The van der Waals surface area contributed by atoms with Crippen molar-refractivity contribution in [1.82, 2.24) is 4.98 Å². The topological polar surface area (TPSA) is 77.3 Å². The molecule has 104 valence electrons. The molecule has 0 spiro atoms. The summed E-state index contributed by atoms with van der Waals surface area (Å²) in [5, 5.41) is 14.0. The smallest absolute Gasteiger partial charge is 0.311 e. The monoisotopic (exact) mass is 273 g/mol. The van der Waals surface area contributed by atoms with Gasteiger partial charge >= 0.3 is 5.69 Å². The first-order valence-corrected chi connectivity index (χ1v) is 6.12. The highest BCUT2D eigenvalue weighted by molar-refractivity contribution is 5.56. The first kappa shape index (κ1) is 13.8. The van der Waals surface area contributed by atoms with E-state index in [1.807, 2.05) is 31.2 Å². The lowest BCUT2D eigenvalue weighted by atomic mass is 10.1. The Morgan fingerprint density at radius 2 is 2.05 bits per heavy atom. The van der Waals surface area contributed by atoms with Crippen molar-refractivity contribution in [3.05, 3.63) is 58.3 Å².